The number of anilines is 2. The van der Waals surface area contributed by atoms with Gasteiger partial charge in [0.2, 0.25) is 0 Å². The lowest BCUT2D eigenvalue weighted by Gasteiger charge is -2.09. The highest BCUT2D eigenvalue weighted by Crippen LogP contribution is 2.26. The average Bonchev–Trinajstić information content (AvgIpc) is 3.03. The van der Waals surface area contributed by atoms with Crippen molar-refractivity contribution in [2.75, 3.05) is 10.9 Å². The summed E-state index contributed by atoms with van der Waals surface area (Å²) in [5.41, 5.74) is 10.9. The Bertz CT molecular complexity index is 1380. The van der Waals surface area contributed by atoms with Gasteiger partial charge in [0.05, 0.1) is 12.4 Å². The van der Waals surface area contributed by atoms with Gasteiger partial charge >= 0.3 is 0 Å². The number of benzene rings is 3. The first kappa shape index (κ1) is 30.4. The van der Waals surface area contributed by atoms with Crippen molar-refractivity contribution in [2.24, 2.45) is 10.2 Å². The number of nitrogens with zero attached hydrogens (tertiary/aromatic N) is 4. The number of unbranched alkanes of at least 4 members (excludes halogenated alkanes) is 4. The molecule has 0 aliphatic carbocycles. The fraction of sp³-hybridized carbons (Fsp3) is 0.278. The van der Waals surface area contributed by atoms with E-state index >= 15 is 0 Å². The summed E-state index contributed by atoms with van der Waals surface area (Å²) in [7, 11) is 0. The van der Waals surface area contributed by atoms with Crippen LogP contribution in [0.3, 0.4) is 0 Å². The maximum absolute atomic E-state index is 4.55. The molecule has 3 aromatic carbocycles. The molecule has 0 saturated carbocycles. The lowest BCUT2D eigenvalue weighted by Crippen LogP contribution is -2.02. The van der Waals surface area contributed by atoms with Crippen LogP contribution in [0.1, 0.15) is 76.3 Å². The summed E-state index contributed by atoms with van der Waals surface area (Å²) < 4.78 is 0. The van der Waals surface area contributed by atoms with E-state index in [4.69, 9.17) is 0 Å². The van der Waals surface area contributed by atoms with Gasteiger partial charge in [-0.3, -0.25) is 10.9 Å². The number of rotatable bonds is 16. The summed E-state index contributed by atoms with van der Waals surface area (Å²) in [6.07, 6.45) is 17.1. The summed E-state index contributed by atoms with van der Waals surface area (Å²) in [4.78, 5) is 0. The Kier molecular flexibility index (Phi) is 12.5. The lowest BCUT2D eigenvalue weighted by atomic mass is 10.1. The molecule has 0 unspecified atom stereocenters. The van der Waals surface area contributed by atoms with Crippen LogP contribution in [-0.4, -0.2) is 22.6 Å². The maximum Gasteiger partial charge on any atom is 0.176 e. The molecule has 0 atom stereocenters. The van der Waals surface area contributed by atoms with Gasteiger partial charge in [-0.05, 0) is 48.0 Å². The van der Waals surface area contributed by atoms with E-state index in [0.29, 0.717) is 11.6 Å². The van der Waals surface area contributed by atoms with Gasteiger partial charge in [-0.15, -0.1) is 10.2 Å². The van der Waals surface area contributed by atoms with E-state index < -0.39 is 0 Å². The Labute approximate surface area is 250 Å². The van der Waals surface area contributed by atoms with E-state index in [1.807, 2.05) is 48.8 Å². The minimum Gasteiger partial charge on any atom is -0.259 e. The second-order valence-corrected chi connectivity index (χ2v) is 10.4. The van der Waals surface area contributed by atoms with Gasteiger partial charge in [0.1, 0.15) is 0 Å². The Morgan fingerprint density at radius 3 is 1.38 bits per heavy atom. The highest BCUT2D eigenvalue weighted by atomic mass is 15.4. The third-order valence-corrected chi connectivity index (χ3v) is 6.93. The van der Waals surface area contributed by atoms with Crippen LogP contribution in [-0.2, 0) is 0 Å². The Hall–Kier alpha value is -4.58. The molecule has 0 spiro atoms. The molecule has 0 aliphatic heterocycles. The van der Waals surface area contributed by atoms with E-state index in [9.17, 15) is 0 Å². The minimum atomic E-state index is 0.605. The number of hydrogen-bond donors (Lipinski definition) is 2. The van der Waals surface area contributed by atoms with Crippen molar-refractivity contribution in [3.05, 3.63) is 107 Å². The smallest absolute Gasteiger partial charge is 0.176 e. The van der Waals surface area contributed by atoms with Crippen molar-refractivity contribution in [1.82, 2.24) is 10.2 Å². The first-order valence-electron chi connectivity index (χ1n) is 15.1. The summed E-state index contributed by atoms with van der Waals surface area (Å²) in [6.45, 7) is 4.44. The molecule has 6 nitrogen and oxygen atoms in total. The topological polar surface area (TPSA) is 74.6 Å². The zero-order valence-electron chi connectivity index (χ0n) is 24.8. The van der Waals surface area contributed by atoms with Crippen molar-refractivity contribution in [2.45, 2.75) is 65.2 Å². The molecular formula is C36H42N6. The number of hydrogen-bond acceptors (Lipinski definition) is 6. The van der Waals surface area contributed by atoms with Crippen LogP contribution in [0.4, 0.5) is 11.6 Å². The van der Waals surface area contributed by atoms with Crippen molar-refractivity contribution in [3.63, 3.8) is 0 Å². The Morgan fingerprint density at radius 1 is 0.571 bits per heavy atom. The van der Waals surface area contributed by atoms with Gasteiger partial charge < -0.3 is 0 Å². The van der Waals surface area contributed by atoms with Crippen molar-refractivity contribution < 1.29 is 0 Å². The number of hydrazone groups is 2. The van der Waals surface area contributed by atoms with E-state index in [2.05, 4.69) is 106 Å². The third kappa shape index (κ3) is 9.81. The van der Waals surface area contributed by atoms with Crippen LogP contribution in [0.2, 0.25) is 0 Å². The zero-order chi connectivity index (χ0) is 29.2. The zero-order valence-corrected chi connectivity index (χ0v) is 24.8. The lowest BCUT2D eigenvalue weighted by molar-refractivity contribution is 0.724. The largest absolute Gasteiger partial charge is 0.259 e. The molecule has 0 amide bonds. The third-order valence-electron chi connectivity index (χ3n) is 6.93. The van der Waals surface area contributed by atoms with Gasteiger partial charge in [-0.2, -0.15) is 10.2 Å². The van der Waals surface area contributed by atoms with Crippen LogP contribution in [0, 0.1) is 0 Å². The molecule has 1 aromatic heterocycles. The molecule has 0 saturated heterocycles. The number of nitrogens with one attached hydrogen (secondary N) is 2. The fourth-order valence-electron chi connectivity index (χ4n) is 4.65. The van der Waals surface area contributed by atoms with Gasteiger partial charge in [0.15, 0.2) is 11.6 Å². The van der Waals surface area contributed by atoms with E-state index in [-0.39, 0.29) is 0 Å². The monoisotopic (exact) mass is 558 g/mol. The average molecular weight is 559 g/mol. The summed E-state index contributed by atoms with van der Waals surface area (Å²) >= 11 is 0. The fourth-order valence-corrected chi connectivity index (χ4v) is 4.65. The molecule has 0 bridgehead atoms. The molecule has 4 aromatic rings. The normalized spacial score (nSPS) is 12.4. The van der Waals surface area contributed by atoms with Gasteiger partial charge in [-0.25, -0.2) is 0 Å². The van der Waals surface area contributed by atoms with Crippen LogP contribution in [0.25, 0.3) is 22.9 Å². The second kappa shape index (κ2) is 17.3. The molecule has 42 heavy (non-hydrogen) atoms. The van der Waals surface area contributed by atoms with E-state index in [1.165, 1.54) is 48.0 Å². The highest BCUT2D eigenvalue weighted by Gasteiger charge is 2.08. The van der Waals surface area contributed by atoms with E-state index in [0.717, 1.165) is 36.5 Å². The van der Waals surface area contributed by atoms with Crippen LogP contribution >= 0.6 is 0 Å². The molecule has 0 aliphatic rings. The molecular weight excluding hydrogens is 516 g/mol. The van der Waals surface area contributed by atoms with Gasteiger partial charge in [0.25, 0.3) is 0 Å². The summed E-state index contributed by atoms with van der Waals surface area (Å²) in [5.74, 6) is 1.21. The SMILES string of the molecule is CCCCCC(=C/c1ccccc1)/C=N/Nc1nnc(N/N=C/C(=C\c2ccccc2)CCCCC)c2ccccc12. The first-order valence-corrected chi connectivity index (χ1v) is 15.1. The van der Waals surface area contributed by atoms with Crippen molar-refractivity contribution in [3.8, 4) is 0 Å². The summed E-state index contributed by atoms with van der Waals surface area (Å²) in [6, 6.07) is 28.7. The van der Waals surface area contributed by atoms with Crippen LogP contribution < -0.4 is 10.9 Å². The molecule has 216 valence electrons. The number of aromatic nitrogens is 2. The quantitative estimate of drug-likeness (QED) is 0.0815. The molecule has 2 N–H and O–H groups in total. The van der Waals surface area contributed by atoms with Crippen molar-refractivity contribution in [1.29, 1.82) is 0 Å². The number of fused-ring (bicyclic) bond motifs is 1. The molecule has 6 heteroatoms. The van der Waals surface area contributed by atoms with Crippen molar-refractivity contribution >= 4 is 47.0 Å². The maximum atomic E-state index is 4.55. The Balaban J connectivity index is 1.49. The predicted octanol–water partition coefficient (Wildman–Crippen LogP) is 9.75. The summed E-state index contributed by atoms with van der Waals surface area (Å²) in [5, 5.41) is 19.8. The molecule has 0 fully saturated rings. The molecule has 1 heterocycles. The van der Waals surface area contributed by atoms with Gasteiger partial charge in [-0.1, -0.05) is 137 Å². The van der Waals surface area contributed by atoms with Gasteiger partial charge in [0, 0.05) is 10.8 Å². The minimum absolute atomic E-state index is 0.605. The predicted molar refractivity (Wildman–Crippen MR) is 181 cm³/mol. The molecule has 4 rings (SSSR count). The van der Waals surface area contributed by atoms with Crippen LogP contribution in [0.5, 0.6) is 0 Å². The Morgan fingerprint density at radius 2 is 0.976 bits per heavy atom. The standard InChI is InChI=1S/C36H42N6/c1-3-5-9-21-31(25-29-17-11-7-12-18-29)27-37-39-35-33-23-15-16-24-34(33)36(42-41-35)40-38-28-32(22-10-6-4-2)26-30-19-13-8-14-20-30/h7-8,11-20,23-28H,3-6,9-10,21-22H2,1-2H3,(H,39,41)(H,40,42)/b31-25-,32-26-,37-27+,38-28+. The highest BCUT2D eigenvalue weighted by molar-refractivity contribution is 5.99. The van der Waals surface area contributed by atoms with Crippen LogP contribution in [0.15, 0.2) is 106 Å². The first-order chi connectivity index (χ1) is 20.8. The molecule has 0 radical (unpaired) electrons. The second-order valence-electron chi connectivity index (χ2n) is 10.4. The van der Waals surface area contributed by atoms with E-state index in [1.54, 1.807) is 0 Å². The number of allylic oxidation sites excluding steroid dienone is 2.